The van der Waals surface area contributed by atoms with Gasteiger partial charge in [0, 0.05) is 28.4 Å². The lowest BCUT2D eigenvalue weighted by molar-refractivity contribution is -0.380. The fourth-order valence-corrected chi connectivity index (χ4v) is 2.98. The van der Waals surface area contributed by atoms with Gasteiger partial charge in [0.1, 0.15) is 0 Å². The molecule has 6 heteroatoms. The highest BCUT2D eigenvalue weighted by molar-refractivity contribution is 7.15. The smallest absolute Gasteiger partial charge is 0.305 e. The third-order valence-corrected chi connectivity index (χ3v) is 4.47. The SMILES string of the molecule is C[C@H](NCc1ccc([N+](=O)[O-])s1)c1cccs1. The van der Waals surface area contributed by atoms with Crippen molar-refractivity contribution in [2.45, 2.75) is 19.5 Å². The van der Waals surface area contributed by atoms with Gasteiger partial charge in [0.15, 0.2) is 0 Å². The van der Waals surface area contributed by atoms with Gasteiger partial charge < -0.3 is 5.32 Å². The molecule has 90 valence electrons. The van der Waals surface area contributed by atoms with Crippen LogP contribution < -0.4 is 5.32 Å². The second-order valence-corrected chi connectivity index (χ2v) is 5.74. The fourth-order valence-electron chi connectivity index (χ4n) is 1.45. The van der Waals surface area contributed by atoms with Crippen molar-refractivity contribution in [3.05, 3.63) is 49.5 Å². The second-order valence-electron chi connectivity index (χ2n) is 3.62. The van der Waals surface area contributed by atoms with E-state index >= 15 is 0 Å². The molecule has 17 heavy (non-hydrogen) atoms. The lowest BCUT2D eigenvalue weighted by atomic mass is 10.3. The van der Waals surface area contributed by atoms with Crippen LogP contribution in [0, 0.1) is 10.1 Å². The van der Waals surface area contributed by atoms with E-state index in [0.717, 1.165) is 4.88 Å². The highest BCUT2D eigenvalue weighted by Crippen LogP contribution is 2.25. The lowest BCUT2D eigenvalue weighted by Crippen LogP contribution is -2.16. The minimum atomic E-state index is -0.350. The number of hydrogen-bond donors (Lipinski definition) is 1. The maximum absolute atomic E-state index is 10.5. The maximum atomic E-state index is 10.5. The van der Waals surface area contributed by atoms with Crippen LogP contribution in [-0.2, 0) is 6.54 Å². The molecule has 0 aliphatic rings. The van der Waals surface area contributed by atoms with E-state index in [1.54, 1.807) is 23.5 Å². The van der Waals surface area contributed by atoms with Crippen LogP contribution >= 0.6 is 22.7 Å². The van der Waals surface area contributed by atoms with Crippen LogP contribution in [0.4, 0.5) is 5.00 Å². The Labute approximate surface area is 107 Å². The van der Waals surface area contributed by atoms with Crippen LogP contribution in [0.15, 0.2) is 29.6 Å². The van der Waals surface area contributed by atoms with Gasteiger partial charge in [0.2, 0.25) is 0 Å². The van der Waals surface area contributed by atoms with Crippen molar-refractivity contribution in [3.8, 4) is 0 Å². The van der Waals surface area contributed by atoms with Gasteiger partial charge >= 0.3 is 5.00 Å². The molecule has 0 radical (unpaired) electrons. The molecule has 0 saturated heterocycles. The molecule has 0 aliphatic heterocycles. The molecule has 2 heterocycles. The summed E-state index contributed by atoms with van der Waals surface area (Å²) in [5.41, 5.74) is 0. The first-order valence-electron chi connectivity index (χ1n) is 5.16. The van der Waals surface area contributed by atoms with Crippen molar-refractivity contribution in [2.75, 3.05) is 0 Å². The number of thiophene rings is 2. The average Bonchev–Trinajstić information content (AvgIpc) is 2.97. The highest BCUT2D eigenvalue weighted by Gasteiger charge is 2.11. The van der Waals surface area contributed by atoms with Crippen LogP contribution in [0.1, 0.15) is 22.7 Å². The minimum Gasteiger partial charge on any atom is -0.305 e. The molecular weight excluding hydrogens is 256 g/mol. The minimum absolute atomic E-state index is 0.200. The number of nitro groups is 1. The zero-order chi connectivity index (χ0) is 12.3. The Kier molecular flexibility index (Phi) is 3.88. The summed E-state index contributed by atoms with van der Waals surface area (Å²) in [4.78, 5) is 12.4. The van der Waals surface area contributed by atoms with Crippen LogP contribution in [0.25, 0.3) is 0 Å². The molecule has 0 bridgehead atoms. The molecule has 0 unspecified atom stereocenters. The predicted octanol–water partition coefficient (Wildman–Crippen LogP) is 3.57. The third kappa shape index (κ3) is 3.12. The lowest BCUT2D eigenvalue weighted by Gasteiger charge is -2.10. The summed E-state index contributed by atoms with van der Waals surface area (Å²) in [7, 11) is 0. The molecule has 2 aromatic heterocycles. The van der Waals surface area contributed by atoms with Crippen molar-refractivity contribution in [1.29, 1.82) is 0 Å². The molecule has 0 amide bonds. The first kappa shape index (κ1) is 12.2. The molecule has 0 fully saturated rings. The van der Waals surface area contributed by atoms with E-state index in [1.807, 2.05) is 11.4 Å². The zero-order valence-corrected chi connectivity index (χ0v) is 10.9. The molecule has 0 aromatic carbocycles. The molecule has 0 saturated carbocycles. The van der Waals surface area contributed by atoms with Crippen molar-refractivity contribution < 1.29 is 4.92 Å². The summed E-state index contributed by atoms with van der Waals surface area (Å²) in [6.07, 6.45) is 0. The molecule has 1 atom stereocenters. The van der Waals surface area contributed by atoms with Crippen molar-refractivity contribution >= 4 is 27.7 Å². The van der Waals surface area contributed by atoms with E-state index in [-0.39, 0.29) is 16.0 Å². The average molecular weight is 268 g/mol. The summed E-state index contributed by atoms with van der Waals surface area (Å²) < 4.78 is 0. The fraction of sp³-hybridized carbons (Fsp3) is 0.273. The Balaban J connectivity index is 1.91. The standard InChI is InChI=1S/C11H12N2O2S2/c1-8(10-3-2-6-16-10)12-7-9-4-5-11(17-9)13(14)15/h2-6,8,12H,7H2,1H3/t8-/m0/s1. The summed E-state index contributed by atoms with van der Waals surface area (Å²) in [5, 5.41) is 16.1. The van der Waals surface area contributed by atoms with E-state index in [2.05, 4.69) is 18.3 Å². The first-order valence-corrected chi connectivity index (χ1v) is 6.86. The number of hydrogen-bond acceptors (Lipinski definition) is 5. The van der Waals surface area contributed by atoms with E-state index in [1.165, 1.54) is 16.2 Å². The summed E-state index contributed by atoms with van der Waals surface area (Å²) in [5.74, 6) is 0. The number of nitrogens with one attached hydrogen (secondary N) is 1. The third-order valence-electron chi connectivity index (χ3n) is 2.38. The van der Waals surface area contributed by atoms with Gasteiger partial charge in [-0.2, -0.15) is 0 Å². The van der Waals surface area contributed by atoms with Gasteiger partial charge in [-0.15, -0.1) is 11.3 Å². The van der Waals surface area contributed by atoms with Gasteiger partial charge in [-0.05, 0) is 24.4 Å². The predicted molar refractivity (Wildman–Crippen MR) is 70.5 cm³/mol. The molecule has 1 N–H and O–H groups in total. The van der Waals surface area contributed by atoms with Gasteiger partial charge in [0.05, 0.1) is 4.92 Å². The first-order chi connectivity index (χ1) is 8.16. The van der Waals surface area contributed by atoms with Crippen LogP contribution in [0.5, 0.6) is 0 Å². The molecular formula is C11H12N2O2S2. The molecule has 2 aromatic rings. The maximum Gasteiger partial charge on any atom is 0.324 e. The number of rotatable bonds is 5. The van der Waals surface area contributed by atoms with Crippen molar-refractivity contribution in [1.82, 2.24) is 5.32 Å². The second kappa shape index (κ2) is 5.39. The Morgan fingerprint density at radius 3 is 2.88 bits per heavy atom. The summed E-state index contributed by atoms with van der Waals surface area (Å²) in [6, 6.07) is 7.73. The van der Waals surface area contributed by atoms with Gasteiger partial charge in [-0.3, -0.25) is 10.1 Å². The monoisotopic (exact) mass is 268 g/mol. The van der Waals surface area contributed by atoms with Crippen LogP contribution in [0.2, 0.25) is 0 Å². The van der Waals surface area contributed by atoms with E-state index in [4.69, 9.17) is 0 Å². The molecule has 0 aliphatic carbocycles. The van der Waals surface area contributed by atoms with Crippen LogP contribution in [-0.4, -0.2) is 4.92 Å². The Hall–Kier alpha value is -1.24. The van der Waals surface area contributed by atoms with E-state index in [0.29, 0.717) is 6.54 Å². The van der Waals surface area contributed by atoms with E-state index < -0.39 is 0 Å². The van der Waals surface area contributed by atoms with Crippen molar-refractivity contribution in [2.24, 2.45) is 0 Å². The molecule has 4 nitrogen and oxygen atoms in total. The van der Waals surface area contributed by atoms with Crippen LogP contribution in [0.3, 0.4) is 0 Å². The van der Waals surface area contributed by atoms with Gasteiger partial charge in [-0.1, -0.05) is 17.4 Å². The number of nitrogens with zero attached hydrogens (tertiary/aromatic N) is 1. The normalized spacial score (nSPS) is 12.5. The molecule has 0 spiro atoms. The summed E-state index contributed by atoms with van der Waals surface area (Å²) in [6.45, 7) is 2.76. The Morgan fingerprint density at radius 1 is 1.47 bits per heavy atom. The largest absolute Gasteiger partial charge is 0.324 e. The summed E-state index contributed by atoms with van der Waals surface area (Å²) >= 11 is 2.93. The topological polar surface area (TPSA) is 55.2 Å². The zero-order valence-electron chi connectivity index (χ0n) is 9.25. The Bertz CT molecular complexity index is 493. The van der Waals surface area contributed by atoms with Crippen molar-refractivity contribution in [3.63, 3.8) is 0 Å². The van der Waals surface area contributed by atoms with Gasteiger partial charge in [0.25, 0.3) is 0 Å². The molecule has 2 rings (SSSR count). The van der Waals surface area contributed by atoms with Gasteiger partial charge in [-0.25, -0.2) is 0 Å². The quantitative estimate of drug-likeness (QED) is 0.666. The Morgan fingerprint density at radius 2 is 2.29 bits per heavy atom. The highest BCUT2D eigenvalue weighted by atomic mass is 32.1. The van der Waals surface area contributed by atoms with E-state index in [9.17, 15) is 10.1 Å².